The van der Waals surface area contributed by atoms with Crippen LogP contribution in [-0.4, -0.2) is 36.6 Å². The van der Waals surface area contributed by atoms with Gasteiger partial charge in [-0.05, 0) is 78.6 Å². The molecule has 1 saturated heterocycles. The Labute approximate surface area is 115 Å². The maximum Gasteiger partial charge on any atom is 0.00965 e. The summed E-state index contributed by atoms with van der Waals surface area (Å²) in [7, 11) is 0. The highest BCUT2D eigenvalue weighted by Crippen LogP contribution is 2.16. The summed E-state index contributed by atoms with van der Waals surface area (Å²) >= 11 is 0. The molecule has 1 aliphatic rings. The summed E-state index contributed by atoms with van der Waals surface area (Å²) in [6.45, 7) is 14.3. The Morgan fingerprint density at radius 3 is 2.22 bits per heavy atom. The average molecular weight is 254 g/mol. The van der Waals surface area contributed by atoms with Crippen LogP contribution in [0, 0.1) is 5.92 Å². The molecule has 1 N–H and O–H groups in total. The first kappa shape index (κ1) is 16.0. The van der Waals surface area contributed by atoms with E-state index in [-0.39, 0.29) is 5.54 Å². The van der Waals surface area contributed by atoms with Crippen molar-refractivity contribution in [2.75, 3.05) is 26.2 Å². The van der Waals surface area contributed by atoms with Gasteiger partial charge in [0.25, 0.3) is 0 Å². The molecule has 0 aromatic carbocycles. The van der Waals surface area contributed by atoms with Crippen LogP contribution < -0.4 is 5.32 Å². The highest BCUT2D eigenvalue weighted by molar-refractivity contribution is 4.70. The van der Waals surface area contributed by atoms with Crippen LogP contribution >= 0.6 is 0 Å². The van der Waals surface area contributed by atoms with Gasteiger partial charge in [-0.1, -0.05) is 19.8 Å². The molecule has 108 valence electrons. The van der Waals surface area contributed by atoms with Crippen molar-refractivity contribution in [2.24, 2.45) is 5.92 Å². The fourth-order valence-corrected chi connectivity index (χ4v) is 2.56. The second kappa shape index (κ2) is 8.16. The molecule has 1 rings (SSSR count). The third-order valence-electron chi connectivity index (χ3n) is 3.93. The Morgan fingerprint density at radius 2 is 1.61 bits per heavy atom. The number of rotatable bonds is 7. The molecule has 1 fully saturated rings. The van der Waals surface area contributed by atoms with Crippen molar-refractivity contribution in [1.29, 1.82) is 0 Å². The Hall–Kier alpha value is -0.0800. The molecule has 2 heteroatoms. The van der Waals surface area contributed by atoms with Gasteiger partial charge in [0.2, 0.25) is 0 Å². The molecule has 0 radical (unpaired) electrons. The predicted octanol–water partition coefficient (Wildman–Crippen LogP) is 3.67. The molecular weight excluding hydrogens is 220 g/mol. The van der Waals surface area contributed by atoms with Gasteiger partial charge < -0.3 is 10.2 Å². The highest BCUT2D eigenvalue weighted by atomic mass is 15.1. The minimum absolute atomic E-state index is 0.282. The Bertz CT molecular complexity index is 200. The van der Waals surface area contributed by atoms with E-state index in [1.54, 1.807) is 0 Å². The van der Waals surface area contributed by atoms with Gasteiger partial charge in [0.05, 0.1) is 0 Å². The van der Waals surface area contributed by atoms with Crippen LogP contribution in [0.3, 0.4) is 0 Å². The second-order valence-electron chi connectivity index (χ2n) is 7.12. The van der Waals surface area contributed by atoms with E-state index in [2.05, 4.69) is 37.9 Å². The van der Waals surface area contributed by atoms with Gasteiger partial charge in [-0.25, -0.2) is 0 Å². The van der Waals surface area contributed by atoms with Gasteiger partial charge in [0.1, 0.15) is 0 Å². The van der Waals surface area contributed by atoms with Crippen molar-refractivity contribution in [3.63, 3.8) is 0 Å². The smallest absolute Gasteiger partial charge is 0.00965 e. The van der Waals surface area contributed by atoms with Crippen molar-refractivity contribution in [3.8, 4) is 0 Å². The highest BCUT2D eigenvalue weighted by Gasteiger charge is 2.14. The first-order valence-corrected chi connectivity index (χ1v) is 7.95. The SMILES string of the molecule is CC1CCN(CCCCCCNC(C)(C)C)CC1. The van der Waals surface area contributed by atoms with E-state index in [4.69, 9.17) is 0 Å². The van der Waals surface area contributed by atoms with Gasteiger partial charge >= 0.3 is 0 Å². The molecular formula is C16H34N2. The summed E-state index contributed by atoms with van der Waals surface area (Å²) < 4.78 is 0. The fourth-order valence-electron chi connectivity index (χ4n) is 2.56. The molecule has 0 spiro atoms. The quantitative estimate of drug-likeness (QED) is 0.697. The zero-order valence-corrected chi connectivity index (χ0v) is 13.1. The summed E-state index contributed by atoms with van der Waals surface area (Å²) in [5.74, 6) is 0.963. The summed E-state index contributed by atoms with van der Waals surface area (Å²) in [6, 6.07) is 0. The van der Waals surface area contributed by atoms with Gasteiger partial charge in [0, 0.05) is 5.54 Å². The maximum atomic E-state index is 3.56. The van der Waals surface area contributed by atoms with Crippen LogP contribution in [-0.2, 0) is 0 Å². The Kier molecular flexibility index (Phi) is 7.25. The second-order valence-corrected chi connectivity index (χ2v) is 7.12. The fraction of sp³-hybridized carbons (Fsp3) is 1.00. The number of hydrogen-bond acceptors (Lipinski definition) is 2. The molecule has 0 amide bonds. The average Bonchev–Trinajstić information content (AvgIpc) is 2.29. The van der Waals surface area contributed by atoms with E-state index in [9.17, 15) is 0 Å². The van der Waals surface area contributed by atoms with Crippen LogP contribution in [0.25, 0.3) is 0 Å². The van der Waals surface area contributed by atoms with E-state index >= 15 is 0 Å². The van der Waals surface area contributed by atoms with Crippen LogP contribution in [0.1, 0.15) is 66.2 Å². The molecule has 0 aliphatic carbocycles. The Balaban J connectivity index is 1.87. The molecule has 0 aromatic rings. The minimum Gasteiger partial charge on any atom is -0.312 e. The zero-order chi connectivity index (χ0) is 13.4. The molecule has 0 bridgehead atoms. The molecule has 2 nitrogen and oxygen atoms in total. The van der Waals surface area contributed by atoms with E-state index in [0.717, 1.165) is 5.92 Å². The first-order chi connectivity index (χ1) is 8.47. The lowest BCUT2D eigenvalue weighted by Gasteiger charge is -2.30. The van der Waals surface area contributed by atoms with Gasteiger partial charge in [-0.2, -0.15) is 0 Å². The summed E-state index contributed by atoms with van der Waals surface area (Å²) in [4.78, 5) is 2.66. The predicted molar refractivity (Wildman–Crippen MR) is 81.1 cm³/mol. The van der Waals surface area contributed by atoms with Gasteiger partial charge in [0.15, 0.2) is 0 Å². The minimum atomic E-state index is 0.282. The van der Waals surface area contributed by atoms with E-state index in [1.165, 1.54) is 64.7 Å². The van der Waals surface area contributed by atoms with Crippen LogP contribution in [0.2, 0.25) is 0 Å². The largest absolute Gasteiger partial charge is 0.312 e. The van der Waals surface area contributed by atoms with Gasteiger partial charge in [-0.15, -0.1) is 0 Å². The summed E-state index contributed by atoms with van der Waals surface area (Å²) in [5, 5.41) is 3.56. The van der Waals surface area contributed by atoms with Crippen molar-refractivity contribution < 1.29 is 0 Å². The van der Waals surface area contributed by atoms with Gasteiger partial charge in [-0.3, -0.25) is 0 Å². The maximum absolute atomic E-state index is 3.56. The van der Waals surface area contributed by atoms with E-state index in [1.807, 2.05) is 0 Å². The van der Waals surface area contributed by atoms with Crippen molar-refractivity contribution >= 4 is 0 Å². The van der Waals surface area contributed by atoms with Crippen molar-refractivity contribution in [1.82, 2.24) is 10.2 Å². The third kappa shape index (κ3) is 8.10. The normalized spacial score (nSPS) is 19.3. The molecule has 0 atom stereocenters. The molecule has 1 heterocycles. The van der Waals surface area contributed by atoms with Crippen molar-refractivity contribution in [3.05, 3.63) is 0 Å². The van der Waals surface area contributed by atoms with Crippen LogP contribution in [0.15, 0.2) is 0 Å². The molecule has 0 aromatic heterocycles. The number of piperidine rings is 1. The number of nitrogens with one attached hydrogen (secondary N) is 1. The molecule has 18 heavy (non-hydrogen) atoms. The third-order valence-corrected chi connectivity index (χ3v) is 3.93. The number of unbranched alkanes of at least 4 members (excludes halogenated alkanes) is 3. The summed E-state index contributed by atoms with van der Waals surface area (Å²) in [6.07, 6.45) is 8.33. The van der Waals surface area contributed by atoms with Crippen LogP contribution in [0.4, 0.5) is 0 Å². The number of likely N-dealkylation sites (tertiary alicyclic amines) is 1. The topological polar surface area (TPSA) is 15.3 Å². The lowest BCUT2D eigenvalue weighted by Crippen LogP contribution is -2.36. The van der Waals surface area contributed by atoms with E-state index < -0.39 is 0 Å². The summed E-state index contributed by atoms with van der Waals surface area (Å²) in [5.41, 5.74) is 0.282. The lowest BCUT2D eigenvalue weighted by atomic mass is 9.99. The molecule has 0 saturated carbocycles. The number of nitrogens with zero attached hydrogens (tertiary/aromatic N) is 1. The van der Waals surface area contributed by atoms with Crippen molar-refractivity contribution in [2.45, 2.75) is 71.8 Å². The number of hydrogen-bond donors (Lipinski definition) is 1. The first-order valence-electron chi connectivity index (χ1n) is 7.95. The zero-order valence-electron chi connectivity index (χ0n) is 13.1. The Morgan fingerprint density at radius 1 is 1.00 bits per heavy atom. The molecule has 0 unspecified atom stereocenters. The lowest BCUT2D eigenvalue weighted by molar-refractivity contribution is 0.189. The van der Waals surface area contributed by atoms with E-state index in [0.29, 0.717) is 0 Å². The monoisotopic (exact) mass is 254 g/mol. The van der Waals surface area contributed by atoms with Crippen LogP contribution in [0.5, 0.6) is 0 Å². The standard InChI is InChI=1S/C16H34N2/c1-15-9-13-18(14-10-15)12-8-6-5-7-11-17-16(2,3)4/h15,17H,5-14H2,1-4H3. The molecule has 1 aliphatic heterocycles.